The summed E-state index contributed by atoms with van der Waals surface area (Å²) in [6, 6.07) is 13.4. The molecule has 0 radical (unpaired) electrons. The highest BCUT2D eigenvalue weighted by Crippen LogP contribution is 2.30. The normalized spacial score (nSPS) is 14.5. The fourth-order valence-electron chi connectivity index (χ4n) is 4.19. The summed E-state index contributed by atoms with van der Waals surface area (Å²) in [6.07, 6.45) is 2.24. The predicted molar refractivity (Wildman–Crippen MR) is 141 cm³/mol. The van der Waals surface area contributed by atoms with Crippen LogP contribution in [0.1, 0.15) is 65.8 Å². The van der Waals surface area contributed by atoms with Gasteiger partial charge in [0, 0.05) is 50.2 Å². The van der Waals surface area contributed by atoms with Gasteiger partial charge in [-0.2, -0.15) is 0 Å². The Morgan fingerprint density at radius 3 is 2.24 bits per heavy atom. The van der Waals surface area contributed by atoms with Gasteiger partial charge in [-0.15, -0.1) is 0 Å². The molecule has 1 aliphatic heterocycles. The lowest BCUT2D eigenvalue weighted by Gasteiger charge is -2.34. The maximum Gasteiger partial charge on any atom is 0.255 e. The molecular weight excluding hydrogens is 424 g/mol. The van der Waals surface area contributed by atoms with Crippen molar-refractivity contribution in [3.63, 3.8) is 0 Å². The molecule has 1 N–H and O–H groups in total. The van der Waals surface area contributed by atoms with E-state index in [4.69, 9.17) is 0 Å². The Kier molecular flexibility index (Phi) is 8.72. The largest absolute Gasteiger partial charge is 0.371 e. The topological polar surface area (TPSA) is 55.9 Å². The standard InChI is InChI=1S/C28H40N4O2/c1-20(2)22-7-9-23(10-8-22)27(33)29-24-11-12-26(32-15-13-21(3)14-16-32)25(19-24)28(34)31(6)18-17-30(4)5/h7-12,19-21H,13-18H2,1-6H3,(H,29,33). The number of nitrogens with zero attached hydrogens (tertiary/aromatic N) is 3. The summed E-state index contributed by atoms with van der Waals surface area (Å²) in [5.41, 5.74) is 4.04. The van der Waals surface area contributed by atoms with Crippen molar-refractivity contribution in [3.05, 3.63) is 59.2 Å². The fraction of sp³-hybridized carbons (Fsp3) is 0.500. The van der Waals surface area contributed by atoms with Crippen LogP contribution >= 0.6 is 0 Å². The molecule has 6 heteroatoms. The number of nitrogens with one attached hydrogen (secondary N) is 1. The van der Waals surface area contributed by atoms with Crippen molar-refractivity contribution in [2.75, 3.05) is 57.5 Å². The van der Waals surface area contributed by atoms with E-state index >= 15 is 0 Å². The van der Waals surface area contributed by atoms with E-state index in [0.717, 1.165) is 38.2 Å². The van der Waals surface area contributed by atoms with Gasteiger partial charge < -0.3 is 20.0 Å². The van der Waals surface area contributed by atoms with Gasteiger partial charge in [-0.25, -0.2) is 0 Å². The predicted octanol–water partition coefficient (Wildman–Crippen LogP) is 4.93. The van der Waals surface area contributed by atoms with Crippen molar-refractivity contribution in [2.45, 2.75) is 39.5 Å². The first-order chi connectivity index (χ1) is 16.2. The van der Waals surface area contributed by atoms with E-state index in [-0.39, 0.29) is 11.8 Å². The Morgan fingerprint density at radius 2 is 1.65 bits per heavy atom. The number of hydrogen-bond donors (Lipinski definition) is 1. The Hall–Kier alpha value is -2.86. The van der Waals surface area contributed by atoms with Crippen LogP contribution in [-0.4, -0.2) is 68.9 Å². The van der Waals surface area contributed by atoms with E-state index in [1.807, 2.05) is 63.6 Å². The maximum atomic E-state index is 13.5. The Bertz CT molecular complexity index is 976. The Balaban J connectivity index is 1.84. The highest BCUT2D eigenvalue weighted by Gasteiger charge is 2.23. The lowest BCUT2D eigenvalue weighted by atomic mass is 9.97. The minimum Gasteiger partial charge on any atom is -0.371 e. The molecule has 0 atom stereocenters. The van der Waals surface area contributed by atoms with E-state index in [9.17, 15) is 9.59 Å². The number of rotatable bonds is 8. The third-order valence-corrected chi connectivity index (χ3v) is 6.68. The van der Waals surface area contributed by atoms with Crippen LogP contribution in [0.5, 0.6) is 0 Å². The molecule has 2 aromatic rings. The van der Waals surface area contributed by atoms with E-state index in [0.29, 0.717) is 35.2 Å². The van der Waals surface area contributed by atoms with Crippen molar-refractivity contribution >= 4 is 23.2 Å². The van der Waals surface area contributed by atoms with E-state index < -0.39 is 0 Å². The number of carbonyl (C=O) groups is 2. The van der Waals surface area contributed by atoms with Crippen LogP contribution in [0.3, 0.4) is 0 Å². The number of amides is 2. The third kappa shape index (κ3) is 6.60. The molecule has 0 bridgehead atoms. The molecule has 2 aromatic carbocycles. The van der Waals surface area contributed by atoms with Crippen LogP contribution in [0.4, 0.5) is 11.4 Å². The van der Waals surface area contributed by atoms with Crippen LogP contribution < -0.4 is 10.2 Å². The second-order valence-corrected chi connectivity index (χ2v) is 10.2. The highest BCUT2D eigenvalue weighted by atomic mass is 16.2. The highest BCUT2D eigenvalue weighted by molar-refractivity contribution is 6.06. The number of benzene rings is 2. The van der Waals surface area contributed by atoms with Crippen molar-refractivity contribution in [1.82, 2.24) is 9.80 Å². The second kappa shape index (κ2) is 11.5. The number of carbonyl (C=O) groups excluding carboxylic acids is 2. The van der Waals surface area contributed by atoms with Crippen molar-refractivity contribution in [3.8, 4) is 0 Å². The maximum absolute atomic E-state index is 13.5. The first kappa shape index (κ1) is 25.8. The zero-order chi connectivity index (χ0) is 24.8. The van der Waals surface area contributed by atoms with Gasteiger partial charge in [-0.1, -0.05) is 32.9 Å². The SMILES string of the molecule is CC1CCN(c2ccc(NC(=O)c3ccc(C(C)C)cc3)cc2C(=O)N(C)CCN(C)C)CC1. The molecular formula is C28H40N4O2. The van der Waals surface area contributed by atoms with Crippen LogP contribution in [0.15, 0.2) is 42.5 Å². The number of hydrogen-bond acceptors (Lipinski definition) is 4. The lowest BCUT2D eigenvalue weighted by Crippen LogP contribution is -2.37. The van der Waals surface area contributed by atoms with Gasteiger partial charge in [0.2, 0.25) is 0 Å². The monoisotopic (exact) mass is 464 g/mol. The third-order valence-electron chi connectivity index (χ3n) is 6.68. The van der Waals surface area contributed by atoms with Gasteiger partial charge in [-0.3, -0.25) is 9.59 Å². The summed E-state index contributed by atoms with van der Waals surface area (Å²) < 4.78 is 0. The molecule has 1 aliphatic rings. The summed E-state index contributed by atoms with van der Waals surface area (Å²) >= 11 is 0. The molecule has 1 heterocycles. The molecule has 0 aliphatic carbocycles. The van der Waals surface area contributed by atoms with Gasteiger partial charge in [-0.05, 0) is 74.7 Å². The zero-order valence-electron chi connectivity index (χ0n) is 21.6. The van der Waals surface area contributed by atoms with E-state index in [2.05, 4.69) is 35.9 Å². The Morgan fingerprint density at radius 1 is 1.00 bits per heavy atom. The first-order valence-corrected chi connectivity index (χ1v) is 12.4. The summed E-state index contributed by atoms with van der Waals surface area (Å²) in [5.74, 6) is 0.932. The van der Waals surface area contributed by atoms with Gasteiger partial charge in [0.15, 0.2) is 0 Å². The Labute approximate surface area is 204 Å². The van der Waals surface area contributed by atoms with Crippen molar-refractivity contribution in [1.29, 1.82) is 0 Å². The molecule has 6 nitrogen and oxygen atoms in total. The quantitative estimate of drug-likeness (QED) is 0.602. The van der Waals surface area contributed by atoms with Crippen LogP contribution in [0, 0.1) is 5.92 Å². The average molecular weight is 465 g/mol. The van der Waals surface area contributed by atoms with Crippen molar-refractivity contribution in [2.24, 2.45) is 5.92 Å². The van der Waals surface area contributed by atoms with Gasteiger partial charge in [0.05, 0.1) is 5.56 Å². The molecule has 0 aromatic heterocycles. The fourth-order valence-corrected chi connectivity index (χ4v) is 4.19. The lowest BCUT2D eigenvalue weighted by molar-refractivity contribution is 0.0786. The van der Waals surface area contributed by atoms with Crippen LogP contribution in [0.25, 0.3) is 0 Å². The minimum atomic E-state index is -0.172. The number of likely N-dealkylation sites (N-methyl/N-ethyl adjacent to an activating group) is 2. The molecule has 1 saturated heterocycles. The van der Waals surface area contributed by atoms with Gasteiger partial charge >= 0.3 is 0 Å². The van der Waals surface area contributed by atoms with Crippen molar-refractivity contribution < 1.29 is 9.59 Å². The smallest absolute Gasteiger partial charge is 0.255 e. The van der Waals surface area contributed by atoms with Crippen LogP contribution in [-0.2, 0) is 0 Å². The summed E-state index contributed by atoms with van der Waals surface area (Å²) in [5, 5.41) is 2.99. The number of anilines is 2. The van der Waals surface area contributed by atoms with Crippen LogP contribution in [0.2, 0.25) is 0 Å². The summed E-state index contributed by atoms with van der Waals surface area (Å²) in [7, 11) is 5.85. The second-order valence-electron chi connectivity index (χ2n) is 10.2. The molecule has 0 unspecified atom stereocenters. The van der Waals surface area contributed by atoms with E-state index in [1.165, 1.54) is 5.56 Å². The van der Waals surface area contributed by atoms with Gasteiger partial charge in [0.1, 0.15) is 0 Å². The van der Waals surface area contributed by atoms with Gasteiger partial charge in [0.25, 0.3) is 11.8 Å². The summed E-state index contributed by atoms with van der Waals surface area (Å²) in [4.78, 5) is 32.5. The first-order valence-electron chi connectivity index (χ1n) is 12.4. The molecule has 0 spiro atoms. The average Bonchev–Trinajstić information content (AvgIpc) is 2.82. The summed E-state index contributed by atoms with van der Waals surface area (Å²) in [6.45, 7) is 9.86. The molecule has 3 rings (SSSR count). The number of piperidine rings is 1. The minimum absolute atomic E-state index is 0.0205. The molecule has 184 valence electrons. The molecule has 0 saturated carbocycles. The molecule has 1 fully saturated rings. The zero-order valence-corrected chi connectivity index (χ0v) is 21.6. The van der Waals surface area contributed by atoms with E-state index in [1.54, 1.807) is 4.90 Å². The molecule has 2 amide bonds. The molecule has 34 heavy (non-hydrogen) atoms.